The lowest BCUT2D eigenvalue weighted by Gasteiger charge is -2.30. The standard InChI is InChI=1S/C30H39FNO9P/c1-9-16-37-24-15-14-23(31)26-27(24)32(17-22(28(26)34)20-10-12-21(36-8)13-11-20)19-38-25(33)18-39-42(35,40-29(2,3)4)41-30(5,6)7/h10-15,17H,9,16,18-19H2,1-8H3. The van der Waals surface area contributed by atoms with Crippen LogP contribution in [0.25, 0.3) is 22.0 Å². The molecule has 2 aromatic carbocycles. The molecular formula is C30H39FNO9P. The maximum Gasteiger partial charge on any atom is 0.476 e. The lowest BCUT2D eigenvalue weighted by atomic mass is 10.0. The van der Waals surface area contributed by atoms with Gasteiger partial charge < -0.3 is 18.8 Å². The van der Waals surface area contributed by atoms with Crippen molar-refractivity contribution in [3.05, 3.63) is 58.6 Å². The fourth-order valence-electron chi connectivity index (χ4n) is 3.93. The SMILES string of the molecule is CCCOc1ccc(F)c2c(=O)c(-c3ccc(OC)cc3)cn(COC(=O)COP(=O)(OC(C)(C)C)OC(C)(C)C)c12. The summed E-state index contributed by atoms with van der Waals surface area (Å²) in [6.07, 6.45) is 2.14. The Balaban J connectivity index is 1.97. The molecule has 3 aromatic rings. The zero-order chi connectivity index (χ0) is 31.3. The maximum atomic E-state index is 15.2. The topological polar surface area (TPSA) is 112 Å². The fraction of sp³-hybridized carbons (Fsp3) is 0.467. The molecule has 0 bridgehead atoms. The van der Waals surface area contributed by atoms with Crippen molar-refractivity contribution in [2.75, 3.05) is 20.3 Å². The third-order valence-corrected chi connectivity index (χ3v) is 7.46. The molecule has 1 aromatic heterocycles. The predicted octanol–water partition coefficient (Wildman–Crippen LogP) is 6.86. The molecule has 0 radical (unpaired) electrons. The fourth-order valence-corrected chi connectivity index (χ4v) is 5.67. The van der Waals surface area contributed by atoms with Gasteiger partial charge in [-0.25, -0.2) is 13.8 Å². The van der Waals surface area contributed by atoms with Gasteiger partial charge >= 0.3 is 13.8 Å². The molecule has 0 spiro atoms. The van der Waals surface area contributed by atoms with Crippen molar-refractivity contribution in [2.24, 2.45) is 0 Å². The highest BCUT2D eigenvalue weighted by molar-refractivity contribution is 7.48. The van der Waals surface area contributed by atoms with Crippen molar-refractivity contribution in [3.8, 4) is 22.6 Å². The van der Waals surface area contributed by atoms with Crippen molar-refractivity contribution >= 4 is 24.7 Å². The van der Waals surface area contributed by atoms with E-state index < -0.39 is 49.6 Å². The summed E-state index contributed by atoms with van der Waals surface area (Å²) in [5.74, 6) is -0.813. The van der Waals surface area contributed by atoms with Crippen LogP contribution >= 0.6 is 7.82 Å². The van der Waals surface area contributed by atoms with Crippen LogP contribution in [-0.4, -0.2) is 42.1 Å². The van der Waals surface area contributed by atoms with E-state index in [4.69, 9.17) is 27.8 Å². The lowest BCUT2D eigenvalue weighted by molar-refractivity contribution is -0.151. The number of methoxy groups -OCH3 is 1. The van der Waals surface area contributed by atoms with Gasteiger partial charge in [0.25, 0.3) is 0 Å². The Morgan fingerprint density at radius 2 is 1.60 bits per heavy atom. The number of benzene rings is 2. The number of rotatable bonds is 12. The van der Waals surface area contributed by atoms with Gasteiger partial charge in [0.05, 0.1) is 30.3 Å². The molecule has 3 rings (SSSR count). The van der Waals surface area contributed by atoms with Gasteiger partial charge in [0, 0.05) is 11.8 Å². The quantitative estimate of drug-likeness (QED) is 0.161. The van der Waals surface area contributed by atoms with E-state index in [2.05, 4.69) is 0 Å². The summed E-state index contributed by atoms with van der Waals surface area (Å²) in [6.45, 7) is 11.1. The highest BCUT2D eigenvalue weighted by Gasteiger charge is 2.38. The zero-order valence-electron chi connectivity index (χ0n) is 25.3. The van der Waals surface area contributed by atoms with Gasteiger partial charge in [-0.2, -0.15) is 0 Å². The minimum Gasteiger partial charge on any atom is -0.497 e. The minimum absolute atomic E-state index is 0.122. The van der Waals surface area contributed by atoms with E-state index in [0.29, 0.717) is 24.3 Å². The summed E-state index contributed by atoms with van der Waals surface area (Å²) in [5.41, 5.74) is -1.54. The molecule has 1 heterocycles. The van der Waals surface area contributed by atoms with Gasteiger partial charge in [0.2, 0.25) is 0 Å². The van der Waals surface area contributed by atoms with E-state index in [-0.39, 0.29) is 22.2 Å². The second-order valence-corrected chi connectivity index (χ2v) is 13.0. The molecule has 10 nitrogen and oxygen atoms in total. The highest BCUT2D eigenvalue weighted by atomic mass is 31.2. The molecule has 0 aliphatic heterocycles. The minimum atomic E-state index is -4.17. The first-order chi connectivity index (χ1) is 19.6. The second-order valence-electron chi connectivity index (χ2n) is 11.5. The van der Waals surface area contributed by atoms with E-state index >= 15 is 4.39 Å². The number of phosphoric acid groups is 1. The van der Waals surface area contributed by atoms with E-state index in [0.717, 1.165) is 0 Å². The number of carbonyl (C=O) groups is 1. The number of nitrogens with zero attached hydrogens (tertiary/aromatic N) is 1. The van der Waals surface area contributed by atoms with Crippen molar-refractivity contribution in [3.63, 3.8) is 0 Å². The number of hydrogen-bond acceptors (Lipinski definition) is 9. The number of esters is 1. The van der Waals surface area contributed by atoms with Crippen molar-refractivity contribution < 1.29 is 41.5 Å². The zero-order valence-corrected chi connectivity index (χ0v) is 26.2. The molecule has 12 heteroatoms. The molecule has 0 saturated carbocycles. The van der Waals surface area contributed by atoms with Crippen LogP contribution in [-0.2, 0) is 34.4 Å². The Kier molecular flexibility index (Phi) is 10.6. The number of ether oxygens (including phenoxy) is 3. The third-order valence-electron chi connectivity index (χ3n) is 5.47. The van der Waals surface area contributed by atoms with Crippen LogP contribution in [0.5, 0.6) is 11.5 Å². The van der Waals surface area contributed by atoms with Gasteiger partial charge in [-0.05, 0) is 77.8 Å². The van der Waals surface area contributed by atoms with Crippen molar-refractivity contribution in [2.45, 2.75) is 72.8 Å². The molecule has 230 valence electrons. The summed E-state index contributed by atoms with van der Waals surface area (Å²) >= 11 is 0. The molecule has 0 aliphatic rings. The smallest absolute Gasteiger partial charge is 0.476 e. The molecule has 0 aliphatic carbocycles. The summed E-state index contributed by atoms with van der Waals surface area (Å²) in [7, 11) is -2.65. The van der Waals surface area contributed by atoms with Gasteiger partial charge in [-0.15, -0.1) is 0 Å². The monoisotopic (exact) mass is 607 g/mol. The molecule has 0 saturated heterocycles. The second kappa shape index (κ2) is 13.4. The average molecular weight is 608 g/mol. The first kappa shape index (κ1) is 33.3. The van der Waals surface area contributed by atoms with Crippen LogP contribution in [0, 0.1) is 5.82 Å². The summed E-state index contributed by atoms with van der Waals surface area (Å²) in [4.78, 5) is 26.3. The molecular weight excluding hydrogens is 568 g/mol. The Bertz CT molecular complexity index is 1480. The lowest BCUT2D eigenvalue weighted by Crippen LogP contribution is -2.26. The van der Waals surface area contributed by atoms with Crippen LogP contribution in [0.4, 0.5) is 4.39 Å². The van der Waals surface area contributed by atoms with Gasteiger partial charge in [-0.3, -0.25) is 18.4 Å². The van der Waals surface area contributed by atoms with Crippen molar-refractivity contribution in [1.29, 1.82) is 0 Å². The first-order valence-electron chi connectivity index (χ1n) is 13.5. The molecule has 0 atom stereocenters. The summed E-state index contributed by atoms with van der Waals surface area (Å²) in [5, 5.41) is -0.217. The van der Waals surface area contributed by atoms with E-state index in [1.54, 1.807) is 65.8 Å². The number of phosphoric ester groups is 1. The maximum absolute atomic E-state index is 15.2. The third kappa shape index (κ3) is 8.88. The average Bonchev–Trinajstić information content (AvgIpc) is 2.89. The number of halogens is 1. The molecule has 0 amide bonds. The van der Waals surface area contributed by atoms with E-state index in [1.807, 2.05) is 6.92 Å². The number of pyridine rings is 1. The van der Waals surface area contributed by atoms with Crippen LogP contribution in [0.1, 0.15) is 54.9 Å². The van der Waals surface area contributed by atoms with Gasteiger partial charge in [-0.1, -0.05) is 19.1 Å². The Labute approximate surface area is 245 Å². The number of hydrogen-bond donors (Lipinski definition) is 0. The van der Waals surface area contributed by atoms with Crippen LogP contribution in [0.3, 0.4) is 0 Å². The largest absolute Gasteiger partial charge is 0.497 e. The molecule has 42 heavy (non-hydrogen) atoms. The summed E-state index contributed by atoms with van der Waals surface area (Å²) in [6, 6.07) is 9.28. The summed E-state index contributed by atoms with van der Waals surface area (Å²) < 4.78 is 62.7. The van der Waals surface area contributed by atoms with Crippen LogP contribution in [0.15, 0.2) is 47.4 Å². The Morgan fingerprint density at radius 3 is 2.14 bits per heavy atom. The first-order valence-corrected chi connectivity index (χ1v) is 15.0. The van der Waals surface area contributed by atoms with E-state index in [1.165, 1.54) is 30.0 Å². The van der Waals surface area contributed by atoms with Gasteiger partial charge in [0.15, 0.2) is 18.8 Å². The number of carbonyl (C=O) groups excluding carboxylic acids is 1. The molecule has 0 fully saturated rings. The van der Waals surface area contributed by atoms with Gasteiger partial charge in [0.1, 0.15) is 22.8 Å². The number of aromatic nitrogens is 1. The number of fused-ring (bicyclic) bond motifs is 1. The molecule has 0 unspecified atom stereocenters. The highest BCUT2D eigenvalue weighted by Crippen LogP contribution is 2.55. The van der Waals surface area contributed by atoms with Crippen LogP contribution in [0.2, 0.25) is 0 Å². The predicted molar refractivity (Wildman–Crippen MR) is 157 cm³/mol. The van der Waals surface area contributed by atoms with Crippen molar-refractivity contribution in [1.82, 2.24) is 4.57 Å². The molecule has 0 N–H and O–H groups in total. The van der Waals surface area contributed by atoms with Crippen LogP contribution < -0.4 is 14.9 Å². The van der Waals surface area contributed by atoms with E-state index in [9.17, 15) is 14.2 Å². The Hall–Kier alpha value is -3.24. The normalized spacial score (nSPS) is 12.4. The Morgan fingerprint density at radius 1 is 0.976 bits per heavy atom.